The van der Waals surface area contributed by atoms with Crippen molar-refractivity contribution in [2.45, 2.75) is 24.2 Å². The second-order valence-corrected chi connectivity index (χ2v) is 9.85. The summed E-state index contributed by atoms with van der Waals surface area (Å²) in [4.78, 5) is 11.9. The van der Waals surface area contributed by atoms with Crippen molar-refractivity contribution in [1.82, 2.24) is 19.5 Å². The first kappa shape index (κ1) is 24.6. The minimum Gasteiger partial charge on any atom is -0.310 e. The number of nitrogens with zero attached hydrogens (tertiary/aromatic N) is 4. The summed E-state index contributed by atoms with van der Waals surface area (Å²) >= 11 is 0. The summed E-state index contributed by atoms with van der Waals surface area (Å²) in [6.07, 6.45) is -7.26. The van der Waals surface area contributed by atoms with Crippen molar-refractivity contribution in [3.8, 4) is 22.6 Å². The standard InChI is InChI=1S/C22H16F6N4O2S/c1-3-35(33,34)17-8-13(12-4-6-14(7-5-12)21(23,24)25)10-29-18(17)20-31-16-9-15(22(26,27)28)11-30-19(16)32(20)2/h4-11H,3H2,1-2H3. The van der Waals surface area contributed by atoms with Crippen LogP contribution >= 0.6 is 0 Å². The number of aryl methyl sites for hydroxylation is 1. The van der Waals surface area contributed by atoms with Crippen molar-refractivity contribution in [2.24, 2.45) is 7.05 Å². The van der Waals surface area contributed by atoms with Crippen LogP contribution in [0.2, 0.25) is 0 Å². The number of sulfone groups is 1. The molecule has 0 saturated heterocycles. The minimum atomic E-state index is -4.64. The van der Waals surface area contributed by atoms with Crippen LogP contribution in [0.3, 0.4) is 0 Å². The van der Waals surface area contributed by atoms with Crippen LogP contribution in [-0.2, 0) is 29.2 Å². The summed E-state index contributed by atoms with van der Waals surface area (Å²) in [5, 5.41) is 0. The summed E-state index contributed by atoms with van der Waals surface area (Å²) in [7, 11) is -2.46. The third-order valence-corrected chi connectivity index (χ3v) is 7.10. The van der Waals surface area contributed by atoms with Crippen molar-refractivity contribution >= 4 is 21.0 Å². The molecule has 4 rings (SSSR count). The number of hydrogen-bond donors (Lipinski definition) is 0. The average Bonchev–Trinajstić information content (AvgIpc) is 3.13. The Balaban J connectivity index is 1.88. The molecule has 0 fully saturated rings. The average molecular weight is 514 g/mol. The van der Waals surface area contributed by atoms with Gasteiger partial charge in [0, 0.05) is 25.0 Å². The number of pyridine rings is 2. The molecule has 0 bridgehead atoms. The lowest BCUT2D eigenvalue weighted by Gasteiger charge is -2.12. The van der Waals surface area contributed by atoms with E-state index in [2.05, 4.69) is 15.0 Å². The quantitative estimate of drug-likeness (QED) is 0.335. The maximum atomic E-state index is 13.1. The highest BCUT2D eigenvalue weighted by Gasteiger charge is 2.32. The van der Waals surface area contributed by atoms with Gasteiger partial charge in [-0.15, -0.1) is 0 Å². The molecule has 0 aliphatic rings. The van der Waals surface area contributed by atoms with Gasteiger partial charge in [-0.05, 0) is 29.8 Å². The van der Waals surface area contributed by atoms with Crippen molar-refractivity contribution in [2.75, 3.05) is 5.75 Å². The normalized spacial score (nSPS) is 12.9. The number of alkyl halides is 6. The number of hydrogen-bond acceptors (Lipinski definition) is 5. The van der Waals surface area contributed by atoms with Crippen LogP contribution in [0.15, 0.2) is 53.7 Å². The van der Waals surface area contributed by atoms with Crippen LogP contribution in [-0.4, -0.2) is 33.7 Å². The van der Waals surface area contributed by atoms with Gasteiger partial charge >= 0.3 is 12.4 Å². The van der Waals surface area contributed by atoms with Gasteiger partial charge in [-0.25, -0.2) is 18.4 Å². The second kappa shape index (κ2) is 8.33. The van der Waals surface area contributed by atoms with E-state index < -0.39 is 33.3 Å². The van der Waals surface area contributed by atoms with Gasteiger partial charge in [0.25, 0.3) is 0 Å². The van der Waals surface area contributed by atoms with Crippen LogP contribution in [0, 0.1) is 0 Å². The molecular weight excluding hydrogens is 498 g/mol. The Hall–Kier alpha value is -3.48. The number of rotatable bonds is 4. The number of halogens is 6. The zero-order chi connectivity index (χ0) is 25.8. The molecule has 184 valence electrons. The zero-order valence-electron chi connectivity index (χ0n) is 18.1. The van der Waals surface area contributed by atoms with E-state index in [1.165, 1.54) is 42.9 Å². The molecule has 0 aliphatic heterocycles. The van der Waals surface area contributed by atoms with E-state index in [1.807, 2.05) is 0 Å². The first-order chi connectivity index (χ1) is 16.2. The van der Waals surface area contributed by atoms with E-state index in [-0.39, 0.29) is 38.9 Å². The molecule has 0 radical (unpaired) electrons. The van der Waals surface area contributed by atoms with Crippen molar-refractivity contribution in [1.29, 1.82) is 0 Å². The Bertz CT molecular complexity index is 1520. The molecule has 4 aromatic rings. The van der Waals surface area contributed by atoms with Crippen LogP contribution < -0.4 is 0 Å². The molecule has 35 heavy (non-hydrogen) atoms. The number of imidazole rings is 1. The molecule has 0 saturated carbocycles. The van der Waals surface area contributed by atoms with Crippen molar-refractivity contribution in [3.05, 3.63) is 59.9 Å². The summed E-state index contributed by atoms with van der Waals surface area (Å²) in [5.74, 6) is -0.351. The highest BCUT2D eigenvalue weighted by atomic mass is 32.2. The topological polar surface area (TPSA) is 77.7 Å². The first-order valence-electron chi connectivity index (χ1n) is 10.0. The molecule has 3 aromatic heterocycles. The van der Waals surface area contributed by atoms with Gasteiger partial charge in [-0.3, -0.25) is 4.98 Å². The molecule has 13 heteroatoms. The molecular formula is C22H16F6N4O2S. The first-order valence-corrected chi connectivity index (χ1v) is 11.7. The SMILES string of the molecule is CCS(=O)(=O)c1cc(-c2ccc(C(F)(F)F)cc2)cnc1-c1nc2cc(C(F)(F)F)cnc2n1C. The van der Waals surface area contributed by atoms with Crippen molar-refractivity contribution < 1.29 is 34.8 Å². The fourth-order valence-corrected chi connectivity index (χ4v) is 4.51. The highest BCUT2D eigenvalue weighted by Crippen LogP contribution is 2.35. The highest BCUT2D eigenvalue weighted by molar-refractivity contribution is 7.91. The van der Waals surface area contributed by atoms with E-state index in [1.54, 1.807) is 0 Å². The molecule has 1 aromatic carbocycles. The van der Waals surface area contributed by atoms with Crippen LogP contribution in [0.1, 0.15) is 18.1 Å². The molecule has 0 atom stereocenters. The van der Waals surface area contributed by atoms with Gasteiger partial charge in [-0.2, -0.15) is 26.3 Å². The number of benzene rings is 1. The maximum Gasteiger partial charge on any atom is 0.417 e. The Kier molecular flexibility index (Phi) is 5.86. The molecule has 0 unspecified atom stereocenters. The van der Waals surface area contributed by atoms with Gasteiger partial charge in [0.15, 0.2) is 21.3 Å². The number of fused-ring (bicyclic) bond motifs is 1. The maximum absolute atomic E-state index is 13.1. The van der Waals surface area contributed by atoms with Crippen molar-refractivity contribution in [3.63, 3.8) is 0 Å². The third-order valence-electron chi connectivity index (χ3n) is 5.36. The number of aromatic nitrogens is 4. The lowest BCUT2D eigenvalue weighted by molar-refractivity contribution is -0.138. The lowest BCUT2D eigenvalue weighted by atomic mass is 10.0. The summed E-state index contributed by atoms with van der Waals surface area (Å²) in [5.41, 5.74) is -1.47. The molecule has 0 spiro atoms. The van der Waals surface area contributed by atoms with Crippen LogP contribution in [0.25, 0.3) is 33.8 Å². The Morgan fingerprint density at radius 2 is 1.49 bits per heavy atom. The molecule has 0 aliphatic carbocycles. The zero-order valence-corrected chi connectivity index (χ0v) is 18.9. The monoisotopic (exact) mass is 514 g/mol. The molecule has 6 nitrogen and oxygen atoms in total. The largest absolute Gasteiger partial charge is 0.417 e. The van der Waals surface area contributed by atoms with Gasteiger partial charge in [0.1, 0.15) is 11.2 Å². The van der Waals surface area contributed by atoms with E-state index in [0.29, 0.717) is 11.8 Å². The fourth-order valence-electron chi connectivity index (χ4n) is 3.46. The van der Waals surface area contributed by atoms with E-state index in [9.17, 15) is 34.8 Å². The molecule has 3 heterocycles. The molecule has 0 N–H and O–H groups in total. The smallest absolute Gasteiger partial charge is 0.310 e. The van der Waals surface area contributed by atoms with Gasteiger partial charge in [0.2, 0.25) is 0 Å². The minimum absolute atomic E-state index is 0.0298. The Labute approximate surface area is 195 Å². The Morgan fingerprint density at radius 3 is 2.06 bits per heavy atom. The van der Waals surface area contributed by atoms with E-state index in [4.69, 9.17) is 0 Å². The van der Waals surface area contributed by atoms with Crippen LogP contribution in [0.4, 0.5) is 26.3 Å². The summed E-state index contributed by atoms with van der Waals surface area (Å²) < 4.78 is 105. The lowest BCUT2D eigenvalue weighted by Crippen LogP contribution is -2.09. The van der Waals surface area contributed by atoms with E-state index in [0.717, 1.165) is 18.2 Å². The predicted molar refractivity (Wildman–Crippen MR) is 115 cm³/mol. The van der Waals surface area contributed by atoms with Gasteiger partial charge in [0.05, 0.1) is 21.8 Å². The van der Waals surface area contributed by atoms with Gasteiger partial charge < -0.3 is 4.57 Å². The summed E-state index contributed by atoms with van der Waals surface area (Å²) in [6, 6.07) is 6.19. The Morgan fingerprint density at radius 1 is 0.857 bits per heavy atom. The molecule has 0 amide bonds. The summed E-state index contributed by atoms with van der Waals surface area (Å²) in [6.45, 7) is 1.40. The fraction of sp³-hybridized carbons (Fsp3) is 0.227. The second-order valence-electron chi connectivity index (χ2n) is 7.61. The van der Waals surface area contributed by atoms with Crippen LogP contribution in [0.5, 0.6) is 0 Å². The third kappa shape index (κ3) is 4.59. The predicted octanol–water partition coefficient (Wildman–Crippen LogP) is 5.53. The van der Waals surface area contributed by atoms with E-state index >= 15 is 0 Å². The van der Waals surface area contributed by atoms with Gasteiger partial charge in [-0.1, -0.05) is 19.1 Å².